The van der Waals surface area contributed by atoms with E-state index in [1.807, 2.05) is 13.0 Å². The van der Waals surface area contributed by atoms with Gasteiger partial charge in [0.1, 0.15) is 11.6 Å². The summed E-state index contributed by atoms with van der Waals surface area (Å²) in [5.74, 6) is 2.42. The number of rotatable bonds is 1. The molecule has 1 saturated carbocycles. The van der Waals surface area contributed by atoms with Gasteiger partial charge in [-0.05, 0) is 56.2 Å². The molecule has 0 bridgehead atoms. The van der Waals surface area contributed by atoms with Crippen molar-refractivity contribution >= 4 is 10.8 Å². The second-order valence-electron chi connectivity index (χ2n) is 9.14. The van der Waals surface area contributed by atoms with E-state index in [1.165, 1.54) is 11.6 Å². The molecular formula is C23H26N2O3. The van der Waals surface area contributed by atoms with Gasteiger partial charge >= 0.3 is 0 Å². The van der Waals surface area contributed by atoms with Gasteiger partial charge in [0, 0.05) is 0 Å². The molecule has 0 spiro atoms. The van der Waals surface area contributed by atoms with Crippen molar-refractivity contribution in [3.8, 4) is 12.3 Å². The molecule has 28 heavy (non-hydrogen) atoms. The van der Waals surface area contributed by atoms with E-state index in [0.29, 0.717) is 10.8 Å². The van der Waals surface area contributed by atoms with Gasteiger partial charge in [-0.2, -0.15) is 0 Å². The fraction of sp³-hybridized carbons (Fsp3) is 0.478. The van der Waals surface area contributed by atoms with Gasteiger partial charge < -0.3 is 5.11 Å². The summed E-state index contributed by atoms with van der Waals surface area (Å²) >= 11 is 0. The average molecular weight is 378 g/mol. The van der Waals surface area contributed by atoms with Crippen molar-refractivity contribution in [2.24, 2.45) is 5.41 Å². The highest BCUT2D eigenvalue weighted by atomic mass is 16.3. The van der Waals surface area contributed by atoms with Crippen molar-refractivity contribution in [3.63, 3.8) is 0 Å². The Morgan fingerprint density at radius 1 is 1.14 bits per heavy atom. The highest BCUT2D eigenvalue weighted by Crippen LogP contribution is 2.52. The summed E-state index contributed by atoms with van der Waals surface area (Å²) in [5.41, 5.74) is -1.88. The van der Waals surface area contributed by atoms with Crippen molar-refractivity contribution in [1.29, 1.82) is 0 Å². The maximum atomic E-state index is 13.6. The van der Waals surface area contributed by atoms with Crippen molar-refractivity contribution in [2.45, 2.75) is 64.1 Å². The van der Waals surface area contributed by atoms with Crippen LogP contribution in [0.3, 0.4) is 0 Å². The van der Waals surface area contributed by atoms with Crippen LogP contribution in [0.15, 0.2) is 45.5 Å². The molecule has 5 heteroatoms. The van der Waals surface area contributed by atoms with E-state index in [4.69, 9.17) is 6.42 Å². The predicted octanol–water partition coefficient (Wildman–Crippen LogP) is 2.95. The van der Waals surface area contributed by atoms with Gasteiger partial charge in [-0.1, -0.05) is 38.0 Å². The summed E-state index contributed by atoms with van der Waals surface area (Å²) in [7, 11) is 0. The Hall–Kier alpha value is -2.58. The molecule has 2 heterocycles. The Morgan fingerprint density at radius 2 is 1.75 bits per heavy atom. The third kappa shape index (κ3) is 2.31. The number of nitrogens with zero attached hydrogens (tertiary/aromatic N) is 2. The molecular weight excluding hydrogens is 352 g/mol. The maximum Gasteiger partial charge on any atom is 0.274 e. The second kappa shape index (κ2) is 5.71. The smallest absolute Gasteiger partial charge is 0.274 e. The summed E-state index contributed by atoms with van der Waals surface area (Å²) in [4.78, 5) is 27.1. The first-order valence-corrected chi connectivity index (χ1v) is 9.74. The SMILES string of the molecule is C#C[C@](C)(O)[C@@H]1C=C2C(C)(C)CCC[C@@]2(C)n2c(=O)c3ccccc3c(=O)n21. The lowest BCUT2D eigenvalue weighted by Gasteiger charge is -2.52. The third-order valence-electron chi connectivity index (χ3n) is 6.70. The van der Waals surface area contributed by atoms with Crippen LogP contribution in [0.1, 0.15) is 53.0 Å². The van der Waals surface area contributed by atoms with E-state index in [2.05, 4.69) is 19.8 Å². The van der Waals surface area contributed by atoms with E-state index < -0.39 is 17.2 Å². The zero-order valence-corrected chi connectivity index (χ0v) is 16.8. The highest BCUT2D eigenvalue weighted by molar-refractivity contribution is 5.80. The van der Waals surface area contributed by atoms with E-state index >= 15 is 0 Å². The summed E-state index contributed by atoms with van der Waals surface area (Å²) in [6.45, 7) is 7.84. The molecule has 0 radical (unpaired) electrons. The number of benzene rings is 1. The quantitative estimate of drug-likeness (QED) is 0.613. The van der Waals surface area contributed by atoms with E-state index in [1.54, 1.807) is 28.9 Å². The molecule has 1 N–H and O–H groups in total. The summed E-state index contributed by atoms with van der Waals surface area (Å²) in [6.07, 6.45) is 10.3. The fourth-order valence-electron chi connectivity index (χ4n) is 5.21. The van der Waals surface area contributed by atoms with Crippen LogP contribution < -0.4 is 11.1 Å². The van der Waals surface area contributed by atoms with Crippen molar-refractivity contribution in [2.75, 3.05) is 0 Å². The normalized spacial score (nSPS) is 27.9. The van der Waals surface area contributed by atoms with Gasteiger partial charge in [-0.25, -0.2) is 9.36 Å². The monoisotopic (exact) mass is 378 g/mol. The van der Waals surface area contributed by atoms with Crippen LogP contribution in [0.4, 0.5) is 0 Å². The van der Waals surface area contributed by atoms with E-state index in [-0.39, 0.29) is 16.5 Å². The summed E-state index contributed by atoms with van der Waals surface area (Å²) in [5, 5.41) is 11.7. The van der Waals surface area contributed by atoms with Crippen LogP contribution in [0.2, 0.25) is 0 Å². The lowest BCUT2D eigenvalue weighted by atomic mass is 9.63. The molecule has 5 nitrogen and oxygen atoms in total. The standard InChI is InChI=1S/C23H26N2O3/c1-6-23(5,28)18-14-17-21(2,3)12-9-13-22(17,4)25-20(27)16-11-8-7-10-15(16)19(26)24(18)25/h1,7-8,10-11,14,18,28H,9,12-13H2,2-5H3/t18-,22+,23-/m0/s1. The minimum Gasteiger partial charge on any atom is -0.375 e. The number of terminal acetylenes is 1. The minimum absolute atomic E-state index is 0.164. The lowest BCUT2D eigenvalue weighted by Crippen LogP contribution is -2.59. The Balaban J connectivity index is 2.22. The Labute approximate surface area is 164 Å². The van der Waals surface area contributed by atoms with E-state index in [9.17, 15) is 14.7 Å². The van der Waals surface area contributed by atoms with Crippen LogP contribution in [0.25, 0.3) is 10.8 Å². The summed E-state index contributed by atoms with van der Waals surface area (Å²) in [6, 6.07) is 6.04. The summed E-state index contributed by atoms with van der Waals surface area (Å²) < 4.78 is 2.97. The molecule has 146 valence electrons. The number of hydrogen-bond acceptors (Lipinski definition) is 3. The van der Waals surface area contributed by atoms with Gasteiger partial charge in [0.05, 0.1) is 16.3 Å². The van der Waals surface area contributed by atoms with E-state index in [0.717, 1.165) is 24.8 Å². The average Bonchev–Trinajstić information content (AvgIpc) is 2.64. The first kappa shape index (κ1) is 18.8. The second-order valence-corrected chi connectivity index (χ2v) is 9.14. The van der Waals surface area contributed by atoms with Crippen LogP contribution >= 0.6 is 0 Å². The lowest BCUT2D eigenvalue weighted by molar-refractivity contribution is 0.0392. The molecule has 0 amide bonds. The number of hydrogen-bond donors (Lipinski definition) is 1. The largest absolute Gasteiger partial charge is 0.375 e. The topological polar surface area (TPSA) is 64.2 Å². The van der Waals surface area contributed by atoms with Crippen LogP contribution in [0.5, 0.6) is 0 Å². The Morgan fingerprint density at radius 3 is 2.36 bits per heavy atom. The molecule has 1 aliphatic carbocycles. The number of aromatic nitrogens is 2. The van der Waals surface area contributed by atoms with Crippen molar-refractivity contribution < 1.29 is 5.11 Å². The molecule has 1 aromatic carbocycles. The number of aliphatic hydroxyl groups is 1. The minimum atomic E-state index is -1.61. The molecule has 1 aromatic heterocycles. The third-order valence-corrected chi connectivity index (χ3v) is 6.70. The molecule has 2 aliphatic rings. The zero-order chi connectivity index (χ0) is 20.5. The van der Waals surface area contributed by atoms with Gasteiger partial charge in [-0.3, -0.25) is 9.59 Å². The Bertz CT molecular complexity index is 1170. The molecule has 3 atom stereocenters. The highest BCUT2D eigenvalue weighted by Gasteiger charge is 2.50. The molecule has 4 rings (SSSR count). The molecule has 1 fully saturated rings. The fourth-order valence-corrected chi connectivity index (χ4v) is 5.21. The first-order valence-electron chi connectivity index (χ1n) is 9.74. The van der Waals surface area contributed by atoms with Gasteiger partial charge in [-0.15, -0.1) is 6.42 Å². The van der Waals surface area contributed by atoms with Crippen LogP contribution in [-0.2, 0) is 5.54 Å². The Kier molecular flexibility index (Phi) is 3.83. The van der Waals surface area contributed by atoms with Crippen LogP contribution in [-0.4, -0.2) is 20.1 Å². The molecule has 2 aromatic rings. The van der Waals surface area contributed by atoms with Crippen molar-refractivity contribution in [3.05, 3.63) is 56.6 Å². The van der Waals surface area contributed by atoms with Gasteiger partial charge in [0.2, 0.25) is 0 Å². The zero-order valence-electron chi connectivity index (χ0n) is 16.8. The van der Waals surface area contributed by atoms with Gasteiger partial charge in [0.15, 0.2) is 0 Å². The number of allylic oxidation sites excluding steroid dienone is 1. The van der Waals surface area contributed by atoms with Gasteiger partial charge in [0.25, 0.3) is 11.1 Å². The molecule has 0 saturated heterocycles. The maximum absolute atomic E-state index is 13.6. The predicted molar refractivity (Wildman–Crippen MR) is 110 cm³/mol. The first-order chi connectivity index (χ1) is 13.0. The van der Waals surface area contributed by atoms with Crippen molar-refractivity contribution in [1.82, 2.24) is 9.36 Å². The molecule has 1 aliphatic heterocycles. The number of fused-ring (bicyclic) bond motifs is 4. The molecule has 0 unspecified atom stereocenters. The van der Waals surface area contributed by atoms with Crippen LogP contribution in [0, 0.1) is 17.8 Å².